The maximum Gasteiger partial charge on any atom is 0.328 e. The largest absolute Gasteiger partial charge is 0.382 e. The lowest BCUT2D eigenvalue weighted by molar-refractivity contribution is 0.506. The van der Waals surface area contributed by atoms with Crippen LogP contribution in [0.5, 0.6) is 0 Å². The van der Waals surface area contributed by atoms with Crippen LogP contribution in [0.25, 0.3) is 11.2 Å². The van der Waals surface area contributed by atoms with Crippen molar-refractivity contribution >= 4 is 28.7 Å². The summed E-state index contributed by atoms with van der Waals surface area (Å²) in [6, 6.07) is 3.50. The third-order valence-electron chi connectivity index (χ3n) is 3.39. The Bertz CT molecular complexity index is 953. The van der Waals surface area contributed by atoms with Crippen LogP contribution >= 0.6 is 11.8 Å². The number of hydrogen-bond acceptors (Lipinski definition) is 5. The zero-order chi connectivity index (χ0) is 17.3. The van der Waals surface area contributed by atoms with Crippen LogP contribution in [0.2, 0.25) is 0 Å². The fourth-order valence-electron chi connectivity index (χ4n) is 2.26. The first-order valence-electron chi connectivity index (χ1n) is 7.32. The molecular formula is C15H15F2N5OS. The lowest BCUT2D eigenvalue weighted by atomic mass is 10.2. The topological polar surface area (TPSA) is 89.6 Å². The third-order valence-corrected chi connectivity index (χ3v) is 4.44. The van der Waals surface area contributed by atoms with E-state index in [1.807, 2.05) is 6.92 Å². The number of thioether (sulfide) groups is 1. The van der Waals surface area contributed by atoms with Gasteiger partial charge in [-0.3, -0.25) is 4.57 Å². The van der Waals surface area contributed by atoms with Crippen molar-refractivity contribution in [3.63, 3.8) is 0 Å². The molecule has 0 bridgehead atoms. The molecule has 0 fully saturated rings. The molecule has 3 rings (SSSR count). The van der Waals surface area contributed by atoms with Crippen molar-refractivity contribution in [2.24, 2.45) is 0 Å². The molecule has 3 N–H and O–H groups in total. The summed E-state index contributed by atoms with van der Waals surface area (Å²) in [7, 11) is 0. The number of nitrogens with two attached hydrogens (primary N) is 1. The van der Waals surface area contributed by atoms with Gasteiger partial charge in [0.15, 0.2) is 28.3 Å². The van der Waals surface area contributed by atoms with Gasteiger partial charge in [-0.15, -0.1) is 0 Å². The monoisotopic (exact) mass is 351 g/mol. The molecule has 0 unspecified atom stereocenters. The number of halogens is 2. The van der Waals surface area contributed by atoms with Crippen LogP contribution in [0.4, 0.5) is 14.6 Å². The number of imidazole rings is 1. The summed E-state index contributed by atoms with van der Waals surface area (Å²) < 4.78 is 27.7. The lowest BCUT2D eigenvalue weighted by Gasteiger charge is -2.06. The van der Waals surface area contributed by atoms with E-state index in [1.54, 1.807) is 0 Å². The first-order valence-corrected chi connectivity index (χ1v) is 8.31. The molecule has 0 saturated carbocycles. The van der Waals surface area contributed by atoms with Gasteiger partial charge in [-0.05, 0) is 24.1 Å². The SMILES string of the molecule is CCCSc1nc(N)c2[nH]c(=O)n(Cc3ccc(F)c(F)c3)c2n1. The van der Waals surface area contributed by atoms with Gasteiger partial charge in [0, 0.05) is 5.75 Å². The van der Waals surface area contributed by atoms with Gasteiger partial charge in [0.2, 0.25) is 0 Å². The average molecular weight is 351 g/mol. The van der Waals surface area contributed by atoms with E-state index in [1.165, 1.54) is 22.4 Å². The molecule has 0 atom stereocenters. The van der Waals surface area contributed by atoms with E-state index in [9.17, 15) is 13.6 Å². The molecule has 126 valence electrons. The van der Waals surface area contributed by atoms with Gasteiger partial charge < -0.3 is 10.7 Å². The minimum absolute atomic E-state index is 0.0460. The highest BCUT2D eigenvalue weighted by molar-refractivity contribution is 7.99. The molecule has 0 saturated heterocycles. The van der Waals surface area contributed by atoms with Gasteiger partial charge in [0.1, 0.15) is 5.52 Å². The number of nitrogen functional groups attached to an aromatic ring is 1. The van der Waals surface area contributed by atoms with Crippen molar-refractivity contribution in [2.45, 2.75) is 25.0 Å². The zero-order valence-electron chi connectivity index (χ0n) is 12.8. The van der Waals surface area contributed by atoms with Crippen molar-refractivity contribution in [3.05, 3.63) is 45.9 Å². The van der Waals surface area contributed by atoms with Gasteiger partial charge in [0.05, 0.1) is 6.54 Å². The van der Waals surface area contributed by atoms with Gasteiger partial charge >= 0.3 is 5.69 Å². The second kappa shape index (κ2) is 6.60. The zero-order valence-corrected chi connectivity index (χ0v) is 13.7. The predicted octanol–water partition coefficient (Wildman–Crippen LogP) is 2.53. The van der Waals surface area contributed by atoms with Gasteiger partial charge in [-0.1, -0.05) is 24.8 Å². The number of nitrogens with one attached hydrogen (secondary N) is 1. The van der Waals surface area contributed by atoms with Crippen LogP contribution in [0.3, 0.4) is 0 Å². The summed E-state index contributed by atoms with van der Waals surface area (Å²) in [5.41, 5.74) is 6.58. The Kier molecular flexibility index (Phi) is 4.52. The van der Waals surface area contributed by atoms with Gasteiger partial charge in [-0.25, -0.2) is 23.5 Å². The van der Waals surface area contributed by atoms with Crippen molar-refractivity contribution < 1.29 is 8.78 Å². The minimum atomic E-state index is -0.964. The molecular weight excluding hydrogens is 336 g/mol. The molecule has 24 heavy (non-hydrogen) atoms. The van der Waals surface area contributed by atoms with Crippen LogP contribution in [-0.2, 0) is 6.54 Å². The first kappa shape index (κ1) is 16.4. The second-order valence-electron chi connectivity index (χ2n) is 5.20. The first-order chi connectivity index (χ1) is 11.5. The minimum Gasteiger partial charge on any atom is -0.382 e. The summed E-state index contributed by atoms with van der Waals surface area (Å²) in [6.45, 7) is 2.08. The Morgan fingerprint density at radius 3 is 2.79 bits per heavy atom. The summed E-state index contributed by atoms with van der Waals surface area (Å²) in [6.07, 6.45) is 0.945. The van der Waals surface area contributed by atoms with Crippen LogP contribution in [0.15, 0.2) is 28.2 Å². The number of aromatic amines is 1. The van der Waals surface area contributed by atoms with Crippen molar-refractivity contribution in [1.29, 1.82) is 0 Å². The molecule has 3 aromatic rings. The molecule has 0 amide bonds. The molecule has 9 heteroatoms. The molecule has 6 nitrogen and oxygen atoms in total. The highest BCUT2D eigenvalue weighted by Crippen LogP contribution is 2.21. The van der Waals surface area contributed by atoms with Crippen molar-refractivity contribution in [3.8, 4) is 0 Å². The van der Waals surface area contributed by atoms with E-state index >= 15 is 0 Å². The predicted molar refractivity (Wildman–Crippen MR) is 89.0 cm³/mol. The highest BCUT2D eigenvalue weighted by Gasteiger charge is 2.15. The molecule has 1 aromatic carbocycles. The maximum atomic E-state index is 13.4. The lowest BCUT2D eigenvalue weighted by Crippen LogP contribution is -2.18. The number of H-pyrrole nitrogens is 1. The number of nitrogens with zero attached hydrogens (tertiary/aromatic N) is 3. The average Bonchev–Trinajstić information content (AvgIpc) is 2.86. The van der Waals surface area contributed by atoms with Crippen molar-refractivity contribution in [1.82, 2.24) is 19.5 Å². The molecule has 0 aliphatic rings. The number of anilines is 1. The maximum absolute atomic E-state index is 13.4. The normalized spacial score (nSPS) is 11.3. The smallest absolute Gasteiger partial charge is 0.328 e. The summed E-state index contributed by atoms with van der Waals surface area (Å²) >= 11 is 1.44. The summed E-state index contributed by atoms with van der Waals surface area (Å²) in [5, 5.41) is 0.472. The number of benzene rings is 1. The number of hydrogen-bond donors (Lipinski definition) is 2. The van der Waals surface area contributed by atoms with Crippen LogP contribution in [0, 0.1) is 11.6 Å². The van der Waals surface area contributed by atoms with Crippen molar-refractivity contribution in [2.75, 3.05) is 11.5 Å². The van der Waals surface area contributed by atoms with Crippen LogP contribution in [0.1, 0.15) is 18.9 Å². The third kappa shape index (κ3) is 3.12. The van der Waals surface area contributed by atoms with Gasteiger partial charge in [-0.2, -0.15) is 0 Å². The van der Waals surface area contributed by atoms with E-state index in [0.29, 0.717) is 21.9 Å². The van der Waals surface area contributed by atoms with Crippen LogP contribution < -0.4 is 11.4 Å². The molecule has 2 heterocycles. The summed E-state index contributed by atoms with van der Waals surface area (Å²) in [4.78, 5) is 23.3. The van der Waals surface area contributed by atoms with E-state index in [0.717, 1.165) is 24.3 Å². The van der Waals surface area contributed by atoms with E-state index in [4.69, 9.17) is 5.73 Å². The Morgan fingerprint density at radius 1 is 1.29 bits per heavy atom. The Hall–Kier alpha value is -2.42. The highest BCUT2D eigenvalue weighted by atomic mass is 32.2. The van der Waals surface area contributed by atoms with E-state index < -0.39 is 17.3 Å². The molecule has 0 aliphatic carbocycles. The fourth-order valence-corrected chi connectivity index (χ4v) is 2.96. The Labute approximate surface area is 140 Å². The summed E-state index contributed by atoms with van der Waals surface area (Å²) in [5.74, 6) is -0.897. The molecule has 2 aromatic heterocycles. The van der Waals surface area contributed by atoms with Gasteiger partial charge in [0.25, 0.3) is 0 Å². The van der Waals surface area contributed by atoms with E-state index in [-0.39, 0.29) is 12.4 Å². The number of fused-ring (bicyclic) bond motifs is 1. The molecule has 0 radical (unpaired) electrons. The second-order valence-corrected chi connectivity index (χ2v) is 6.27. The number of rotatable bonds is 5. The molecule has 0 aliphatic heterocycles. The quantitative estimate of drug-likeness (QED) is 0.545. The van der Waals surface area contributed by atoms with Crippen LogP contribution in [-0.4, -0.2) is 25.3 Å². The van der Waals surface area contributed by atoms with E-state index in [2.05, 4.69) is 15.0 Å². The number of aromatic nitrogens is 4. The molecule has 0 spiro atoms. The Balaban J connectivity index is 2.05. The Morgan fingerprint density at radius 2 is 2.08 bits per heavy atom. The standard InChI is InChI=1S/C15H15F2N5OS/c1-2-5-24-14-20-12(18)11-13(21-14)22(15(23)19-11)7-8-3-4-9(16)10(17)6-8/h3-4,6H,2,5,7H2,1H3,(H,19,23)(H2,18,20,21). The fraction of sp³-hybridized carbons (Fsp3) is 0.267.